The van der Waals surface area contributed by atoms with Crippen molar-refractivity contribution in [1.82, 2.24) is 0 Å². The number of benzene rings is 2. The van der Waals surface area contributed by atoms with Crippen LogP contribution in [0.5, 0.6) is 0 Å². The van der Waals surface area contributed by atoms with Crippen LogP contribution in [0.3, 0.4) is 0 Å². The van der Waals surface area contributed by atoms with E-state index in [9.17, 15) is 9.18 Å². The monoisotopic (exact) mass is 354 g/mol. The van der Waals surface area contributed by atoms with E-state index in [1.165, 1.54) is 25.3 Å². The molecule has 1 amide bonds. The molecule has 0 radical (unpaired) electrons. The summed E-state index contributed by atoms with van der Waals surface area (Å²) in [7, 11) is 0. The van der Waals surface area contributed by atoms with E-state index in [4.69, 9.17) is 28.0 Å². The molecule has 0 aliphatic heterocycles. The van der Waals surface area contributed by atoms with Gasteiger partial charge in [-0.25, -0.2) is 4.39 Å². The van der Waals surface area contributed by atoms with E-state index >= 15 is 0 Å². The first-order valence-corrected chi connectivity index (χ1v) is 7.42. The van der Waals surface area contributed by atoms with Crippen molar-refractivity contribution in [3.8, 4) is 0 Å². The van der Waals surface area contributed by atoms with E-state index in [-0.39, 0.29) is 5.56 Å². The zero-order chi connectivity index (χ0) is 16.8. The van der Waals surface area contributed by atoms with Gasteiger partial charge in [0.05, 0.1) is 16.9 Å². The number of hydrogen-bond acceptors (Lipinski definition) is 3. The normalized spacial score (nSPS) is 12.2. The summed E-state index contributed by atoms with van der Waals surface area (Å²) in [5.41, 5.74) is 0.676. The number of oxime groups is 1. The summed E-state index contributed by atoms with van der Waals surface area (Å²) in [5, 5.41) is 6.99. The lowest BCUT2D eigenvalue weighted by atomic mass is 10.2. The molecule has 4 nitrogen and oxygen atoms in total. The van der Waals surface area contributed by atoms with Gasteiger partial charge in [0.25, 0.3) is 5.91 Å². The van der Waals surface area contributed by atoms with Gasteiger partial charge in [-0.05, 0) is 31.2 Å². The van der Waals surface area contributed by atoms with E-state index in [1.807, 2.05) is 0 Å². The van der Waals surface area contributed by atoms with E-state index < -0.39 is 17.8 Å². The maximum atomic E-state index is 13.4. The second-order valence-corrected chi connectivity index (χ2v) is 5.46. The maximum absolute atomic E-state index is 13.4. The highest BCUT2D eigenvalue weighted by Gasteiger charge is 2.15. The number of hydrogen-bond donors (Lipinski definition) is 1. The zero-order valence-corrected chi connectivity index (χ0v) is 13.6. The Morgan fingerprint density at radius 3 is 2.74 bits per heavy atom. The van der Waals surface area contributed by atoms with Gasteiger partial charge in [-0.3, -0.25) is 4.79 Å². The van der Waals surface area contributed by atoms with Gasteiger partial charge in [-0.2, -0.15) is 0 Å². The third-order valence-electron chi connectivity index (χ3n) is 2.87. The lowest BCUT2D eigenvalue weighted by Crippen LogP contribution is -2.26. The van der Waals surface area contributed by atoms with Gasteiger partial charge in [0.1, 0.15) is 5.82 Å². The molecular weight excluding hydrogens is 342 g/mol. The Kier molecular flexibility index (Phi) is 5.96. The summed E-state index contributed by atoms with van der Waals surface area (Å²) < 4.78 is 13.4. The Balaban J connectivity index is 1.94. The molecule has 0 aliphatic carbocycles. The van der Waals surface area contributed by atoms with Crippen LogP contribution in [-0.2, 0) is 9.63 Å². The van der Waals surface area contributed by atoms with E-state index in [0.29, 0.717) is 15.7 Å². The standard InChI is InChI=1S/C16H13Cl2FN2O2/c1-10(23-20-9-11-4-2-3-5-14(11)19)16(22)21-15-7-6-12(17)8-13(15)18/h2-10H,1H3,(H,21,22)/b20-9-/t10-/m0/s1. The fourth-order valence-corrected chi connectivity index (χ4v) is 2.09. The van der Waals surface area contributed by atoms with Crippen molar-refractivity contribution in [2.45, 2.75) is 13.0 Å². The molecule has 7 heteroatoms. The minimum atomic E-state index is -0.884. The first-order valence-electron chi connectivity index (χ1n) is 6.67. The Hall–Kier alpha value is -2.11. The van der Waals surface area contributed by atoms with Crippen molar-refractivity contribution in [3.63, 3.8) is 0 Å². The number of amides is 1. The van der Waals surface area contributed by atoms with Crippen LogP contribution in [0, 0.1) is 5.82 Å². The Bertz CT molecular complexity index is 738. The molecule has 0 unspecified atom stereocenters. The van der Waals surface area contributed by atoms with Crippen LogP contribution in [0.1, 0.15) is 12.5 Å². The minimum Gasteiger partial charge on any atom is -0.383 e. The number of nitrogens with zero attached hydrogens (tertiary/aromatic N) is 1. The lowest BCUT2D eigenvalue weighted by Gasteiger charge is -2.11. The molecule has 0 saturated heterocycles. The van der Waals surface area contributed by atoms with Crippen LogP contribution in [0.25, 0.3) is 0 Å². The molecule has 23 heavy (non-hydrogen) atoms. The summed E-state index contributed by atoms with van der Waals surface area (Å²) in [6.07, 6.45) is 0.318. The second-order valence-electron chi connectivity index (χ2n) is 4.62. The predicted molar refractivity (Wildman–Crippen MR) is 89.6 cm³/mol. The van der Waals surface area contributed by atoms with Crippen LogP contribution in [0.4, 0.5) is 10.1 Å². The summed E-state index contributed by atoms with van der Waals surface area (Å²) in [6.45, 7) is 1.51. The van der Waals surface area contributed by atoms with Crippen molar-refractivity contribution >= 4 is 41.0 Å². The molecule has 0 aliphatic rings. The number of halogens is 3. The highest BCUT2D eigenvalue weighted by atomic mass is 35.5. The summed E-state index contributed by atoms with van der Waals surface area (Å²) >= 11 is 11.8. The molecule has 2 rings (SSSR count). The fraction of sp³-hybridized carbons (Fsp3) is 0.125. The average molecular weight is 355 g/mol. The number of carbonyl (C=O) groups excluding carboxylic acids is 1. The Labute approximate surface area is 142 Å². The van der Waals surface area contributed by atoms with Crippen molar-refractivity contribution in [3.05, 3.63) is 63.9 Å². The molecule has 0 fully saturated rings. The highest BCUT2D eigenvalue weighted by molar-refractivity contribution is 6.36. The zero-order valence-electron chi connectivity index (χ0n) is 12.1. The van der Waals surface area contributed by atoms with Gasteiger partial charge in [-0.15, -0.1) is 0 Å². The quantitative estimate of drug-likeness (QED) is 0.634. The molecule has 0 heterocycles. The number of carbonyl (C=O) groups is 1. The topological polar surface area (TPSA) is 50.7 Å². The third kappa shape index (κ3) is 4.94. The number of nitrogens with one attached hydrogen (secondary N) is 1. The Morgan fingerprint density at radius 2 is 2.04 bits per heavy atom. The van der Waals surface area contributed by atoms with Crippen LogP contribution in [0.15, 0.2) is 47.6 Å². The lowest BCUT2D eigenvalue weighted by molar-refractivity contribution is -0.126. The molecule has 1 atom stereocenters. The van der Waals surface area contributed by atoms with Crippen LogP contribution < -0.4 is 5.32 Å². The Morgan fingerprint density at radius 1 is 1.30 bits per heavy atom. The predicted octanol–water partition coefficient (Wildman–Crippen LogP) is 4.51. The molecule has 2 aromatic carbocycles. The van der Waals surface area contributed by atoms with Gasteiger partial charge < -0.3 is 10.2 Å². The number of anilines is 1. The fourth-order valence-electron chi connectivity index (χ4n) is 1.63. The van der Waals surface area contributed by atoms with Gasteiger partial charge in [-0.1, -0.05) is 46.6 Å². The molecule has 0 aromatic heterocycles. The van der Waals surface area contributed by atoms with E-state index in [2.05, 4.69) is 10.5 Å². The van der Waals surface area contributed by atoms with Crippen molar-refractivity contribution in [2.24, 2.45) is 5.16 Å². The molecule has 0 saturated carbocycles. The number of rotatable bonds is 5. The summed E-state index contributed by atoms with van der Waals surface area (Å²) in [5.74, 6) is -0.871. The summed E-state index contributed by atoms with van der Waals surface area (Å²) in [4.78, 5) is 17.0. The molecule has 0 spiro atoms. The first-order chi connectivity index (χ1) is 11.0. The third-order valence-corrected chi connectivity index (χ3v) is 3.42. The van der Waals surface area contributed by atoms with Gasteiger partial charge in [0.15, 0.2) is 0 Å². The molecule has 120 valence electrons. The summed E-state index contributed by atoms with van der Waals surface area (Å²) in [6, 6.07) is 10.8. The van der Waals surface area contributed by atoms with Gasteiger partial charge >= 0.3 is 0 Å². The highest BCUT2D eigenvalue weighted by Crippen LogP contribution is 2.25. The molecular formula is C16H13Cl2FN2O2. The SMILES string of the molecule is C[C@H](O/N=C\c1ccccc1F)C(=O)Nc1ccc(Cl)cc1Cl. The van der Waals surface area contributed by atoms with Crippen LogP contribution >= 0.6 is 23.2 Å². The molecule has 0 bridgehead atoms. The molecule has 1 N–H and O–H groups in total. The van der Waals surface area contributed by atoms with Gasteiger partial charge in [0.2, 0.25) is 6.10 Å². The largest absolute Gasteiger partial charge is 0.383 e. The maximum Gasteiger partial charge on any atom is 0.268 e. The van der Waals surface area contributed by atoms with E-state index in [0.717, 1.165) is 0 Å². The molecule has 2 aromatic rings. The van der Waals surface area contributed by atoms with E-state index in [1.54, 1.807) is 30.3 Å². The van der Waals surface area contributed by atoms with Gasteiger partial charge in [0, 0.05) is 10.6 Å². The van der Waals surface area contributed by atoms with Crippen molar-refractivity contribution in [1.29, 1.82) is 0 Å². The smallest absolute Gasteiger partial charge is 0.268 e. The van der Waals surface area contributed by atoms with Crippen LogP contribution in [-0.4, -0.2) is 18.2 Å². The van der Waals surface area contributed by atoms with Crippen molar-refractivity contribution < 1.29 is 14.0 Å². The van der Waals surface area contributed by atoms with Crippen LogP contribution in [0.2, 0.25) is 10.0 Å². The average Bonchev–Trinajstić information content (AvgIpc) is 2.51. The first kappa shape index (κ1) is 17.2. The second kappa shape index (κ2) is 7.94. The minimum absolute atomic E-state index is 0.265. The van der Waals surface area contributed by atoms with Crippen molar-refractivity contribution in [2.75, 3.05) is 5.32 Å².